The van der Waals surface area contributed by atoms with Crippen LogP contribution in [-0.2, 0) is 4.74 Å². The summed E-state index contributed by atoms with van der Waals surface area (Å²) in [5.74, 6) is 0. The number of ether oxygens (including phenoxy) is 1. The molecule has 2 atom stereocenters. The summed E-state index contributed by atoms with van der Waals surface area (Å²) >= 11 is 0. The van der Waals surface area contributed by atoms with Gasteiger partial charge in [-0.05, 0) is 45.7 Å². The summed E-state index contributed by atoms with van der Waals surface area (Å²) in [5.41, 5.74) is 6.30. The van der Waals surface area contributed by atoms with E-state index < -0.39 is 0 Å². The van der Waals surface area contributed by atoms with Gasteiger partial charge >= 0.3 is 0 Å². The van der Waals surface area contributed by atoms with Crippen molar-refractivity contribution in [2.75, 3.05) is 26.2 Å². The van der Waals surface area contributed by atoms with Gasteiger partial charge in [-0.25, -0.2) is 0 Å². The third-order valence-corrected chi connectivity index (χ3v) is 4.39. The minimum atomic E-state index is 0.0127. The van der Waals surface area contributed by atoms with Gasteiger partial charge in [0.2, 0.25) is 0 Å². The van der Waals surface area contributed by atoms with E-state index in [1.165, 1.54) is 6.42 Å². The smallest absolute Gasteiger partial charge is 0.0670 e. The molecular formula is C14H30N2O. The first-order chi connectivity index (χ1) is 8.05. The van der Waals surface area contributed by atoms with Crippen LogP contribution in [0, 0.1) is 0 Å². The Balaban J connectivity index is 2.85. The van der Waals surface area contributed by atoms with Crippen molar-refractivity contribution < 1.29 is 4.74 Å². The molecule has 1 rings (SSSR count). The molecule has 3 heteroatoms. The molecule has 1 fully saturated rings. The number of likely N-dealkylation sites (N-methyl/N-ethyl adjacent to an activating group) is 1. The zero-order valence-electron chi connectivity index (χ0n) is 12.1. The van der Waals surface area contributed by atoms with Crippen LogP contribution in [0.5, 0.6) is 0 Å². The molecule has 2 unspecified atom stereocenters. The largest absolute Gasteiger partial charge is 0.375 e. The third kappa shape index (κ3) is 3.21. The molecule has 0 radical (unpaired) electrons. The highest BCUT2D eigenvalue weighted by atomic mass is 16.5. The Labute approximate surface area is 107 Å². The van der Waals surface area contributed by atoms with Gasteiger partial charge in [0, 0.05) is 18.7 Å². The minimum Gasteiger partial charge on any atom is -0.375 e. The minimum absolute atomic E-state index is 0.0127. The number of rotatable bonds is 6. The monoisotopic (exact) mass is 242 g/mol. The maximum absolute atomic E-state index is 6.12. The Bertz CT molecular complexity index is 234. The summed E-state index contributed by atoms with van der Waals surface area (Å²) < 4.78 is 5.96. The summed E-state index contributed by atoms with van der Waals surface area (Å²) in [6.07, 6.45) is 4.41. The van der Waals surface area contributed by atoms with E-state index >= 15 is 0 Å². The van der Waals surface area contributed by atoms with Gasteiger partial charge in [0.05, 0.1) is 5.60 Å². The third-order valence-electron chi connectivity index (χ3n) is 4.39. The molecule has 1 aliphatic heterocycles. The maximum Gasteiger partial charge on any atom is 0.0670 e. The van der Waals surface area contributed by atoms with Crippen LogP contribution < -0.4 is 5.73 Å². The number of hydrogen-bond donors (Lipinski definition) is 1. The van der Waals surface area contributed by atoms with Gasteiger partial charge < -0.3 is 10.5 Å². The van der Waals surface area contributed by atoms with Crippen LogP contribution in [-0.4, -0.2) is 42.3 Å². The fourth-order valence-corrected chi connectivity index (χ4v) is 3.12. The highest BCUT2D eigenvalue weighted by Gasteiger charge is 2.44. The van der Waals surface area contributed by atoms with E-state index in [0.29, 0.717) is 0 Å². The topological polar surface area (TPSA) is 38.5 Å². The lowest BCUT2D eigenvalue weighted by Crippen LogP contribution is -2.61. The normalized spacial score (nSPS) is 34.2. The summed E-state index contributed by atoms with van der Waals surface area (Å²) in [6, 6.07) is 0. The molecule has 1 aliphatic rings. The summed E-state index contributed by atoms with van der Waals surface area (Å²) in [7, 11) is 0. The van der Waals surface area contributed by atoms with Crippen molar-refractivity contribution in [3.05, 3.63) is 0 Å². The first-order valence-corrected chi connectivity index (χ1v) is 7.15. The molecule has 1 heterocycles. The van der Waals surface area contributed by atoms with Crippen LogP contribution in [0.2, 0.25) is 0 Å². The van der Waals surface area contributed by atoms with Crippen molar-refractivity contribution in [3.63, 3.8) is 0 Å². The lowest BCUT2D eigenvalue weighted by atomic mass is 9.78. The van der Waals surface area contributed by atoms with E-state index in [2.05, 4.69) is 32.6 Å². The van der Waals surface area contributed by atoms with Crippen LogP contribution in [0.25, 0.3) is 0 Å². The van der Waals surface area contributed by atoms with Crippen LogP contribution in [0.1, 0.15) is 53.4 Å². The van der Waals surface area contributed by atoms with Gasteiger partial charge in [0.1, 0.15) is 0 Å². The Morgan fingerprint density at radius 1 is 1.29 bits per heavy atom. The number of hydrogen-bond acceptors (Lipinski definition) is 3. The van der Waals surface area contributed by atoms with Crippen molar-refractivity contribution in [2.24, 2.45) is 5.73 Å². The molecule has 0 aromatic carbocycles. The first kappa shape index (κ1) is 14.9. The molecule has 0 amide bonds. The molecule has 0 saturated carbocycles. The Morgan fingerprint density at radius 3 is 2.47 bits per heavy atom. The van der Waals surface area contributed by atoms with Crippen molar-refractivity contribution in [1.82, 2.24) is 4.90 Å². The summed E-state index contributed by atoms with van der Waals surface area (Å²) in [5, 5.41) is 0. The first-order valence-electron chi connectivity index (χ1n) is 7.15. The van der Waals surface area contributed by atoms with Crippen LogP contribution in [0.4, 0.5) is 0 Å². The van der Waals surface area contributed by atoms with Crippen molar-refractivity contribution in [3.8, 4) is 0 Å². The fourth-order valence-electron chi connectivity index (χ4n) is 3.12. The van der Waals surface area contributed by atoms with E-state index in [0.717, 1.165) is 45.5 Å². The highest BCUT2D eigenvalue weighted by molar-refractivity contribution is 5.00. The van der Waals surface area contributed by atoms with E-state index in [4.69, 9.17) is 10.5 Å². The lowest BCUT2D eigenvalue weighted by Gasteiger charge is -2.51. The van der Waals surface area contributed by atoms with Crippen molar-refractivity contribution in [1.29, 1.82) is 0 Å². The van der Waals surface area contributed by atoms with Crippen LogP contribution in [0.3, 0.4) is 0 Å². The van der Waals surface area contributed by atoms with Gasteiger partial charge in [0.25, 0.3) is 0 Å². The quantitative estimate of drug-likeness (QED) is 0.777. The summed E-state index contributed by atoms with van der Waals surface area (Å²) in [4.78, 5) is 2.57. The van der Waals surface area contributed by atoms with Gasteiger partial charge in [0.15, 0.2) is 0 Å². The van der Waals surface area contributed by atoms with Gasteiger partial charge in [-0.15, -0.1) is 0 Å². The molecule has 1 saturated heterocycles. The second-order valence-corrected chi connectivity index (χ2v) is 5.59. The van der Waals surface area contributed by atoms with Crippen LogP contribution >= 0.6 is 0 Å². The Hall–Kier alpha value is -0.120. The van der Waals surface area contributed by atoms with E-state index in [1.807, 2.05) is 0 Å². The second kappa shape index (κ2) is 6.17. The van der Waals surface area contributed by atoms with E-state index in [1.54, 1.807) is 0 Å². The standard InChI is InChI=1S/C14H30N2O/c1-5-9-16(7-3)14(12-15)8-10-17-13(4,6-2)11-14/h5-12,15H2,1-4H3. The van der Waals surface area contributed by atoms with Crippen molar-refractivity contribution >= 4 is 0 Å². The molecule has 0 bridgehead atoms. The average Bonchev–Trinajstić information content (AvgIpc) is 2.35. The fraction of sp³-hybridized carbons (Fsp3) is 1.00. The highest BCUT2D eigenvalue weighted by Crippen LogP contribution is 2.37. The molecule has 0 aromatic heterocycles. The summed E-state index contributed by atoms with van der Waals surface area (Å²) in [6.45, 7) is 12.8. The number of nitrogens with zero attached hydrogens (tertiary/aromatic N) is 1. The average molecular weight is 242 g/mol. The van der Waals surface area contributed by atoms with Gasteiger partial charge in [-0.3, -0.25) is 4.90 Å². The van der Waals surface area contributed by atoms with Gasteiger partial charge in [-0.1, -0.05) is 20.8 Å². The van der Waals surface area contributed by atoms with Gasteiger partial charge in [-0.2, -0.15) is 0 Å². The predicted molar refractivity (Wildman–Crippen MR) is 73.2 cm³/mol. The zero-order chi connectivity index (χ0) is 12.9. The lowest BCUT2D eigenvalue weighted by molar-refractivity contribution is -0.128. The number of nitrogens with two attached hydrogens (primary N) is 1. The SMILES string of the molecule is CCCN(CC)C1(CN)CCOC(C)(CC)C1. The Kier molecular flexibility index (Phi) is 5.42. The van der Waals surface area contributed by atoms with E-state index in [-0.39, 0.29) is 11.1 Å². The molecule has 2 N–H and O–H groups in total. The molecule has 102 valence electrons. The molecule has 0 aliphatic carbocycles. The zero-order valence-corrected chi connectivity index (χ0v) is 12.1. The van der Waals surface area contributed by atoms with E-state index in [9.17, 15) is 0 Å². The Morgan fingerprint density at radius 2 is 2.00 bits per heavy atom. The second-order valence-electron chi connectivity index (χ2n) is 5.59. The molecular weight excluding hydrogens is 212 g/mol. The van der Waals surface area contributed by atoms with Crippen LogP contribution in [0.15, 0.2) is 0 Å². The molecule has 17 heavy (non-hydrogen) atoms. The maximum atomic E-state index is 6.12. The predicted octanol–water partition coefficient (Wildman–Crippen LogP) is 2.39. The molecule has 0 aromatic rings. The van der Waals surface area contributed by atoms with Crippen molar-refractivity contribution in [2.45, 2.75) is 64.5 Å². The molecule has 3 nitrogen and oxygen atoms in total. The molecule has 0 spiro atoms.